The number of likely N-dealkylation sites (tertiary alicyclic amines) is 1. The molecule has 1 aliphatic carbocycles. The molecule has 3 atom stereocenters. The van der Waals surface area contributed by atoms with Crippen molar-refractivity contribution in [3.63, 3.8) is 0 Å². The average molecular weight is 232 g/mol. The topological polar surface area (TPSA) is 25.4 Å². The number of hydrogen-bond donors (Lipinski definition) is 0. The summed E-state index contributed by atoms with van der Waals surface area (Å²) in [7, 11) is 0. The Bertz CT molecular complexity index is 379. The Labute approximate surface area is 103 Å². The highest BCUT2D eigenvalue weighted by Gasteiger charge is 2.49. The van der Waals surface area contributed by atoms with E-state index < -0.39 is 0 Å². The zero-order valence-electron chi connectivity index (χ0n) is 10.5. The Morgan fingerprint density at radius 2 is 2.24 bits per heavy atom. The van der Waals surface area contributed by atoms with Crippen LogP contribution in [-0.2, 0) is 0 Å². The summed E-state index contributed by atoms with van der Waals surface area (Å²) in [4.78, 5) is 6.85. The third-order valence-corrected chi connectivity index (χ3v) is 4.11. The smallest absolute Gasteiger partial charge is 0.213 e. The lowest BCUT2D eigenvalue weighted by Crippen LogP contribution is -2.40. The predicted octanol–water partition coefficient (Wildman–Crippen LogP) is 2.33. The molecule has 2 bridgehead atoms. The molecule has 0 aromatic carbocycles. The van der Waals surface area contributed by atoms with Crippen molar-refractivity contribution in [1.29, 1.82) is 0 Å². The van der Waals surface area contributed by atoms with E-state index in [2.05, 4.69) is 23.7 Å². The molecule has 1 aliphatic heterocycles. The van der Waals surface area contributed by atoms with Gasteiger partial charge in [0.2, 0.25) is 5.88 Å². The lowest BCUT2D eigenvalue weighted by Gasteiger charge is -2.30. The van der Waals surface area contributed by atoms with Crippen LogP contribution in [-0.4, -0.2) is 34.6 Å². The third kappa shape index (κ3) is 1.93. The number of rotatable bonds is 3. The quantitative estimate of drug-likeness (QED) is 0.799. The highest BCUT2D eigenvalue weighted by Crippen LogP contribution is 2.40. The maximum atomic E-state index is 6.09. The zero-order chi connectivity index (χ0) is 11.8. The molecule has 0 unspecified atom stereocenters. The summed E-state index contributed by atoms with van der Waals surface area (Å²) in [5, 5.41) is 0. The van der Waals surface area contributed by atoms with E-state index in [-0.39, 0.29) is 0 Å². The summed E-state index contributed by atoms with van der Waals surface area (Å²) in [5.41, 5.74) is 0. The maximum Gasteiger partial charge on any atom is 0.213 e. The fourth-order valence-corrected chi connectivity index (χ4v) is 3.31. The Balaban J connectivity index is 1.73. The first kappa shape index (κ1) is 11.0. The van der Waals surface area contributed by atoms with E-state index in [0.29, 0.717) is 24.1 Å². The minimum atomic E-state index is 0.354. The number of hydrogen-bond acceptors (Lipinski definition) is 3. The molecule has 0 spiro atoms. The Morgan fingerprint density at radius 1 is 1.35 bits per heavy atom. The van der Waals surface area contributed by atoms with Crippen LogP contribution >= 0.6 is 0 Å². The monoisotopic (exact) mass is 232 g/mol. The molecule has 2 fully saturated rings. The van der Waals surface area contributed by atoms with Crippen LogP contribution < -0.4 is 4.74 Å². The number of fused-ring (bicyclic) bond motifs is 2. The van der Waals surface area contributed by atoms with Crippen LogP contribution in [0.2, 0.25) is 0 Å². The number of aromatic nitrogens is 1. The molecule has 3 nitrogen and oxygen atoms in total. The Kier molecular flexibility index (Phi) is 2.79. The van der Waals surface area contributed by atoms with E-state index in [0.717, 1.165) is 5.88 Å². The van der Waals surface area contributed by atoms with Gasteiger partial charge in [0.1, 0.15) is 6.10 Å². The SMILES string of the molecule is CC(C)N1C[C@H]2CC[C@H]1[C@H]2Oc1ccccn1. The molecule has 92 valence electrons. The standard InChI is InChI=1S/C14H20N2O/c1-10(2)16-9-11-6-7-12(16)14(11)17-13-5-3-4-8-15-13/h3-5,8,10-12,14H,6-7,9H2,1-2H3/t11-,12+,14+/m1/s1. The van der Waals surface area contributed by atoms with Gasteiger partial charge in [0.15, 0.2) is 0 Å². The lowest BCUT2D eigenvalue weighted by molar-refractivity contribution is 0.122. The highest BCUT2D eigenvalue weighted by atomic mass is 16.5. The minimum absolute atomic E-state index is 0.354. The van der Waals surface area contributed by atoms with Crippen molar-refractivity contribution in [2.24, 2.45) is 5.92 Å². The van der Waals surface area contributed by atoms with Crippen molar-refractivity contribution < 1.29 is 4.74 Å². The summed E-state index contributed by atoms with van der Waals surface area (Å²) >= 11 is 0. The number of piperidine rings is 1. The first-order valence-corrected chi connectivity index (χ1v) is 6.59. The van der Waals surface area contributed by atoms with Gasteiger partial charge >= 0.3 is 0 Å². The van der Waals surface area contributed by atoms with Gasteiger partial charge < -0.3 is 4.74 Å². The molecular formula is C14H20N2O. The van der Waals surface area contributed by atoms with Gasteiger partial charge in [-0.05, 0) is 32.8 Å². The molecular weight excluding hydrogens is 212 g/mol. The molecule has 3 rings (SSSR count). The molecule has 1 saturated carbocycles. The second-order valence-corrected chi connectivity index (χ2v) is 5.45. The molecule has 0 radical (unpaired) electrons. The summed E-state index contributed by atoms with van der Waals surface area (Å²) in [6.07, 6.45) is 4.74. The molecule has 3 heteroatoms. The van der Waals surface area contributed by atoms with Crippen LogP contribution in [0, 0.1) is 5.92 Å². The van der Waals surface area contributed by atoms with Gasteiger partial charge in [-0.1, -0.05) is 6.07 Å². The van der Waals surface area contributed by atoms with Crippen LogP contribution in [0.4, 0.5) is 0 Å². The zero-order valence-corrected chi connectivity index (χ0v) is 10.5. The molecule has 1 aromatic rings. The van der Waals surface area contributed by atoms with E-state index in [4.69, 9.17) is 4.74 Å². The molecule has 1 aromatic heterocycles. The van der Waals surface area contributed by atoms with Crippen molar-refractivity contribution in [3.05, 3.63) is 24.4 Å². The number of nitrogens with zero attached hydrogens (tertiary/aromatic N) is 2. The van der Waals surface area contributed by atoms with Crippen molar-refractivity contribution in [3.8, 4) is 5.88 Å². The van der Waals surface area contributed by atoms with Gasteiger partial charge in [-0.2, -0.15) is 0 Å². The fraction of sp³-hybridized carbons (Fsp3) is 0.643. The van der Waals surface area contributed by atoms with E-state index in [1.54, 1.807) is 6.20 Å². The summed E-state index contributed by atoms with van der Waals surface area (Å²) in [6.45, 7) is 5.75. The van der Waals surface area contributed by atoms with E-state index in [9.17, 15) is 0 Å². The molecule has 2 aliphatic rings. The molecule has 2 heterocycles. The van der Waals surface area contributed by atoms with Crippen LogP contribution in [0.3, 0.4) is 0 Å². The molecule has 17 heavy (non-hydrogen) atoms. The van der Waals surface area contributed by atoms with E-state index >= 15 is 0 Å². The minimum Gasteiger partial charge on any atom is -0.472 e. The van der Waals surface area contributed by atoms with Crippen molar-refractivity contribution >= 4 is 0 Å². The predicted molar refractivity (Wildman–Crippen MR) is 67.0 cm³/mol. The third-order valence-electron chi connectivity index (χ3n) is 4.11. The van der Waals surface area contributed by atoms with Crippen molar-refractivity contribution in [2.45, 2.75) is 44.9 Å². The number of pyridine rings is 1. The van der Waals surface area contributed by atoms with Gasteiger partial charge in [0.25, 0.3) is 0 Å². The Hall–Kier alpha value is -1.09. The summed E-state index contributed by atoms with van der Waals surface area (Å²) in [6, 6.07) is 7.09. The number of ether oxygens (including phenoxy) is 1. The second kappa shape index (κ2) is 4.30. The normalized spacial score (nSPS) is 32.3. The van der Waals surface area contributed by atoms with Crippen molar-refractivity contribution in [2.75, 3.05) is 6.54 Å². The van der Waals surface area contributed by atoms with Gasteiger partial charge in [-0.25, -0.2) is 4.98 Å². The second-order valence-electron chi connectivity index (χ2n) is 5.45. The van der Waals surface area contributed by atoms with E-state index in [1.165, 1.54) is 19.4 Å². The maximum absolute atomic E-state index is 6.09. The van der Waals surface area contributed by atoms with Crippen LogP contribution in [0.1, 0.15) is 26.7 Å². The van der Waals surface area contributed by atoms with Gasteiger partial charge in [0.05, 0.1) is 0 Å². The van der Waals surface area contributed by atoms with Crippen LogP contribution in [0.25, 0.3) is 0 Å². The Morgan fingerprint density at radius 3 is 2.88 bits per heavy atom. The summed E-state index contributed by atoms with van der Waals surface area (Å²) < 4.78 is 6.09. The van der Waals surface area contributed by atoms with Gasteiger partial charge in [0, 0.05) is 36.8 Å². The van der Waals surface area contributed by atoms with Gasteiger partial charge in [-0.15, -0.1) is 0 Å². The largest absolute Gasteiger partial charge is 0.472 e. The highest BCUT2D eigenvalue weighted by molar-refractivity contribution is 5.12. The average Bonchev–Trinajstić information content (AvgIpc) is 2.88. The van der Waals surface area contributed by atoms with Gasteiger partial charge in [-0.3, -0.25) is 4.90 Å². The van der Waals surface area contributed by atoms with E-state index in [1.807, 2.05) is 18.2 Å². The van der Waals surface area contributed by atoms with Crippen LogP contribution in [0.5, 0.6) is 5.88 Å². The molecule has 0 N–H and O–H groups in total. The first-order chi connectivity index (χ1) is 8.25. The summed E-state index contributed by atoms with van der Waals surface area (Å²) in [5.74, 6) is 1.48. The molecule has 1 saturated heterocycles. The molecule has 0 amide bonds. The lowest BCUT2D eigenvalue weighted by atomic mass is 10.1. The first-order valence-electron chi connectivity index (χ1n) is 6.59. The fourth-order valence-electron chi connectivity index (χ4n) is 3.31. The van der Waals surface area contributed by atoms with Crippen molar-refractivity contribution in [1.82, 2.24) is 9.88 Å². The van der Waals surface area contributed by atoms with Crippen LogP contribution in [0.15, 0.2) is 24.4 Å².